The van der Waals surface area contributed by atoms with Gasteiger partial charge in [-0.15, -0.1) is 0 Å². The summed E-state index contributed by atoms with van der Waals surface area (Å²) in [6.45, 7) is 6.18. The third-order valence-corrected chi connectivity index (χ3v) is 5.04. The molecule has 2 N–H and O–H groups in total. The fourth-order valence-corrected chi connectivity index (χ4v) is 3.36. The van der Waals surface area contributed by atoms with Crippen LogP contribution in [0.4, 0.5) is 5.69 Å². The third-order valence-electron chi connectivity index (χ3n) is 5.04. The van der Waals surface area contributed by atoms with Crippen LogP contribution in [0.2, 0.25) is 0 Å². The van der Waals surface area contributed by atoms with Gasteiger partial charge in [0.15, 0.2) is 0 Å². The summed E-state index contributed by atoms with van der Waals surface area (Å²) >= 11 is 0. The van der Waals surface area contributed by atoms with E-state index in [1.165, 1.54) is 0 Å². The van der Waals surface area contributed by atoms with Gasteiger partial charge in [-0.25, -0.2) is 0 Å². The second-order valence-corrected chi connectivity index (χ2v) is 6.97. The first kappa shape index (κ1) is 19.4. The summed E-state index contributed by atoms with van der Waals surface area (Å²) in [5.74, 6) is -0.789. The van der Waals surface area contributed by atoms with Crippen molar-refractivity contribution < 1.29 is 14.7 Å². The van der Waals surface area contributed by atoms with Crippen LogP contribution in [0.25, 0.3) is 0 Å². The maximum absolute atomic E-state index is 12.4. The van der Waals surface area contributed by atoms with Crippen molar-refractivity contribution in [2.24, 2.45) is 0 Å². The SMILES string of the molecule is Cc1cccc(NC(=O)CN2CCCC(N(C)CC(=O)O)CC2)c1C. The number of nitrogens with zero attached hydrogens (tertiary/aromatic N) is 2. The van der Waals surface area contributed by atoms with E-state index < -0.39 is 5.97 Å². The molecule has 0 saturated carbocycles. The van der Waals surface area contributed by atoms with E-state index in [0.29, 0.717) is 6.54 Å². The average Bonchev–Trinajstić information content (AvgIpc) is 2.77. The lowest BCUT2D eigenvalue weighted by atomic mass is 10.1. The summed E-state index contributed by atoms with van der Waals surface area (Å²) < 4.78 is 0. The maximum atomic E-state index is 12.4. The number of nitrogens with one attached hydrogen (secondary N) is 1. The van der Waals surface area contributed by atoms with E-state index >= 15 is 0 Å². The normalized spacial score (nSPS) is 18.8. The summed E-state index contributed by atoms with van der Waals surface area (Å²) in [6.07, 6.45) is 2.84. The van der Waals surface area contributed by atoms with Crippen molar-refractivity contribution in [1.29, 1.82) is 0 Å². The van der Waals surface area contributed by atoms with Crippen molar-refractivity contribution in [3.8, 4) is 0 Å². The smallest absolute Gasteiger partial charge is 0.317 e. The lowest BCUT2D eigenvalue weighted by Crippen LogP contribution is -2.37. The second-order valence-electron chi connectivity index (χ2n) is 6.97. The molecule has 1 amide bonds. The molecule has 1 aliphatic rings. The van der Waals surface area contributed by atoms with Gasteiger partial charge in [-0.3, -0.25) is 19.4 Å². The Bertz CT molecular complexity index is 618. The highest BCUT2D eigenvalue weighted by Gasteiger charge is 2.22. The second kappa shape index (κ2) is 8.97. The van der Waals surface area contributed by atoms with Crippen molar-refractivity contribution in [3.63, 3.8) is 0 Å². The minimum Gasteiger partial charge on any atom is -0.480 e. The van der Waals surface area contributed by atoms with Crippen LogP contribution in [0.1, 0.15) is 30.4 Å². The monoisotopic (exact) mass is 347 g/mol. The maximum Gasteiger partial charge on any atom is 0.317 e. The van der Waals surface area contributed by atoms with E-state index in [1.807, 2.05) is 44.0 Å². The number of carboxylic acid groups (broad SMARTS) is 1. The average molecular weight is 347 g/mol. The summed E-state index contributed by atoms with van der Waals surface area (Å²) in [4.78, 5) is 27.3. The van der Waals surface area contributed by atoms with Crippen LogP contribution in [-0.2, 0) is 9.59 Å². The van der Waals surface area contributed by atoms with E-state index in [2.05, 4.69) is 10.2 Å². The van der Waals surface area contributed by atoms with Crippen molar-refractivity contribution in [2.75, 3.05) is 38.5 Å². The zero-order chi connectivity index (χ0) is 18.4. The highest BCUT2D eigenvalue weighted by Crippen LogP contribution is 2.19. The number of benzene rings is 1. The van der Waals surface area contributed by atoms with Gasteiger partial charge in [-0.2, -0.15) is 0 Å². The molecule has 1 unspecified atom stereocenters. The number of hydrogen-bond donors (Lipinski definition) is 2. The number of hydrogen-bond acceptors (Lipinski definition) is 4. The van der Waals surface area contributed by atoms with E-state index in [0.717, 1.165) is 49.2 Å². The van der Waals surface area contributed by atoms with Gasteiger partial charge in [0.05, 0.1) is 13.1 Å². The number of aliphatic carboxylic acids is 1. The van der Waals surface area contributed by atoms with Gasteiger partial charge >= 0.3 is 5.97 Å². The van der Waals surface area contributed by atoms with Crippen LogP contribution in [0.3, 0.4) is 0 Å². The molecule has 6 heteroatoms. The Morgan fingerprint density at radius 1 is 1.28 bits per heavy atom. The largest absolute Gasteiger partial charge is 0.480 e. The number of amides is 1. The molecule has 1 aromatic carbocycles. The molecule has 1 fully saturated rings. The Balaban J connectivity index is 1.85. The van der Waals surface area contributed by atoms with E-state index in [1.54, 1.807) is 0 Å². The molecule has 0 spiro atoms. The first-order chi connectivity index (χ1) is 11.9. The number of anilines is 1. The summed E-state index contributed by atoms with van der Waals surface area (Å²) in [5, 5.41) is 11.9. The number of carboxylic acids is 1. The van der Waals surface area contributed by atoms with Crippen LogP contribution in [0.5, 0.6) is 0 Å². The molecule has 25 heavy (non-hydrogen) atoms. The minimum atomic E-state index is -0.795. The first-order valence-corrected chi connectivity index (χ1v) is 8.87. The predicted molar refractivity (Wildman–Crippen MR) is 98.9 cm³/mol. The van der Waals surface area contributed by atoms with E-state index in [9.17, 15) is 9.59 Å². The van der Waals surface area contributed by atoms with Crippen molar-refractivity contribution in [1.82, 2.24) is 9.80 Å². The molecule has 0 aliphatic carbocycles. The van der Waals surface area contributed by atoms with Gasteiger partial charge < -0.3 is 10.4 Å². The molecule has 0 aromatic heterocycles. The van der Waals surface area contributed by atoms with Crippen LogP contribution < -0.4 is 5.32 Å². The zero-order valence-electron chi connectivity index (χ0n) is 15.4. The topological polar surface area (TPSA) is 72.9 Å². The van der Waals surface area contributed by atoms with Crippen molar-refractivity contribution in [3.05, 3.63) is 29.3 Å². The van der Waals surface area contributed by atoms with Gasteiger partial charge in [0.1, 0.15) is 0 Å². The molecule has 0 bridgehead atoms. The highest BCUT2D eigenvalue weighted by molar-refractivity contribution is 5.93. The Labute approximate surface area is 149 Å². The van der Waals surface area contributed by atoms with E-state index in [4.69, 9.17) is 5.11 Å². The van der Waals surface area contributed by atoms with Gasteiger partial charge in [0.25, 0.3) is 0 Å². The van der Waals surface area contributed by atoms with Gasteiger partial charge in [-0.1, -0.05) is 12.1 Å². The number of likely N-dealkylation sites (tertiary alicyclic amines) is 1. The zero-order valence-corrected chi connectivity index (χ0v) is 15.4. The summed E-state index contributed by atoms with van der Waals surface area (Å²) in [6, 6.07) is 6.18. The number of aryl methyl sites for hydroxylation is 1. The quantitative estimate of drug-likeness (QED) is 0.825. The standard InChI is InChI=1S/C19H29N3O3/c1-14-6-4-8-17(15(14)2)20-18(23)12-22-10-5-7-16(9-11-22)21(3)13-19(24)25/h4,6,8,16H,5,7,9-13H2,1-3H3,(H,20,23)(H,24,25). The van der Waals surface area contributed by atoms with Crippen LogP contribution in [-0.4, -0.2) is 66.1 Å². The Morgan fingerprint density at radius 2 is 2.04 bits per heavy atom. The summed E-state index contributed by atoms with van der Waals surface area (Å²) in [7, 11) is 1.86. The van der Waals surface area contributed by atoms with Gasteiger partial charge in [0, 0.05) is 18.3 Å². The molecular weight excluding hydrogens is 318 g/mol. The third kappa shape index (κ3) is 5.83. The number of likely N-dealkylation sites (N-methyl/N-ethyl adjacent to an activating group) is 1. The van der Waals surface area contributed by atoms with Gasteiger partial charge in [-0.05, 0) is 63.9 Å². The van der Waals surface area contributed by atoms with Gasteiger partial charge in [0.2, 0.25) is 5.91 Å². The lowest BCUT2D eigenvalue weighted by molar-refractivity contribution is -0.138. The minimum absolute atomic E-state index is 0.00559. The molecule has 1 atom stereocenters. The fourth-order valence-electron chi connectivity index (χ4n) is 3.36. The molecule has 138 valence electrons. The van der Waals surface area contributed by atoms with Crippen molar-refractivity contribution in [2.45, 2.75) is 39.2 Å². The molecular formula is C19H29N3O3. The Morgan fingerprint density at radius 3 is 2.76 bits per heavy atom. The number of carbonyl (C=O) groups excluding carboxylic acids is 1. The molecule has 0 radical (unpaired) electrons. The van der Waals surface area contributed by atoms with Crippen LogP contribution in [0, 0.1) is 13.8 Å². The van der Waals surface area contributed by atoms with Crippen molar-refractivity contribution >= 4 is 17.6 Å². The Hall–Kier alpha value is -1.92. The summed E-state index contributed by atoms with van der Waals surface area (Å²) in [5.41, 5.74) is 3.14. The number of rotatable bonds is 6. The first-order valence-electron chi connectivity index (χ1n) is 8.87. The Kier molecular flexibility index (Phi) is 6.96. The fraction of sp³-hybridized carbons (Fsp3) is 0.579. The molecule has 6 nitrogen and oxygen atoms in total. The lowest BCUT2D eigenvalue weighted by Gasteiger charge is -2.25. The van der Waals surface area contributed by atoms with Crippen LogP contribution >= 0.6 is 0 Å². The molecule has 1 aromatic rings. The molecule has 1 aliphatic heterocycles. The highest BCUT2D eigenvalue weighted by atomic mass is 16.4. The predicted octanol–water partition coefficient (Wildman–Crippen LogP) is 2.11. The molecule has 1 saturated heterocycles. The number of carbonyl (C=O) groups is 2. The molecule has 2 rings (SSSR count). The van der Waals surface area contributed by atoms with Crippen LogP contribution in [0.15, 0.2) is 18.2 Å². The molecule has 1 heterocycles. The van der Waals surface area contributed by atoms with E-state index in [-0.39, 0.29) is 18.5 Å².